The molecular weight excluding hydrogens is 234 g/mol. The minimum atomic E-state index is -1.01. The molecule has 0 fully saturated rings. The highest BCUT2D eigenvalue weighted by Crippen LogP contribution is 2.37. The van der Waals surface area contributed by atoms with Crippen molar-refractivity contribution in [2.45, 2.75) is 26.7 Å². The van der Waals surface area contributed by atoms with Crippen molar-refractivity contribution in [3.05, 3.63) is 23.8 Å². The molecule has 1 N–H and O–H groups in total. The van der Waals surface area contributed by atoms with Gasteiger partial charge in [0.25, 0.3) is 0 Å². The Morgan fingerprint density at radius 2 is 2.22 bits per heavy atom. The Hall–Kier alpha value is -1.75. The molecule has 0 spiro atoms. The molecule has 1 heterocycles. The lowest BCUT2D eigenvalue weighted by molar-refractivity contribution is -0.132. The zero-order valence-electron chi connectivity index (χ0n) is 10.7. The van der Waals surface area contributed by atoms with Crippen LogP contribution in [-0.2, 0) is 11.3 Å². The highest BCUT2D eigenvalue weighted by molar-refractivity contribution is 5.88. The number of amides is 1. The lowest BCUT2D eigenvalue weighted by Crippen LogP contribution is -2.32. The van der Waals surface area contributed by atoms with E-state index in [1.165, 1.54) is 7.05 Å². The first-order valence-electron chi connectivity index (χ1n) is 5.87. The van der Waals surface area contributed by atoms with Gasteiger partial charge >= 0.3 is 6.09 Å². The van der Waals surface area contributed by atoms with Crippen LogP contribution in [0, 0.1) is 5.92 Å². The zero-order chi connectivity index (χ0) is 13.3. The fourth-order valence-electron chi connectivity index (χ4n) is 1.84. The third-order valence-corrected chi connectivity index (χ3v) is 2.91. The number of hydrogen-bond donors (Lipinski definition) is 1. The van der Waals surface area contributed by atoms with Crippen molar-refractivity contribution in [3.63, 3.8) is 0 Å². The van der Waals surface area contributed by atoms with E-state index in [0.29, 0.717) is 18.0 Å². The maximum absolute atomic E-state index is 11.0. The molecule has 18 heavy (non-hydrogen) atoms. The Balaban J connectivity index is 2.37. The fraction of sp³-hybridized carbons (Fsp3) is 0.462. The minimum Gasteiger partial charge on any atom is -0.465 e. The number of carbonyl (C=O) groups is 1. The van der Waals surface area contributed by atoms with E-state index in [-0.39, 0.29) is 12.2 Å². The zero-order valence-corrected chi connectivity index (χ0v) is 10.7. The maximum Gasteiger partial charge on any atom is 0.411 e. The molecule has 5 nitrogen and oxygen atoms in total. The predicted molar refractivity (Wildman–Crippen MR) is 66.9 cm³/mol. The van der Waals surface area contributed by atoms with Crippen molar-refractivity contribution in [2.24, 2.45) is 5.92 Å². The summed E-state index contributed by atoms with van der Waals surface area (Å²) in [6.07, 6.45) is -1.35. The Labute approximate surface area is 106 Å². The number of hydrogen-bond acceptors (Lipinski definition) is 3. The van der Waals surface area contributed by atoms with Crippen LogP contribution >= 0.6 is 0 Å². The van der Waals surface area contributed by atoms with E-state index >= 15 is 0 Å². The molecule has 1 aromatic rings. The van der Waals surface area contributed by atoms with Gasteiger partial charge < -0.3 is 14.6 Å². The van der Waals surface area contributed by atoms with E-state index in [9.17, 15) is 4.79 Å². The van der Waals surface area contributed by atoms with Crippen LogP contribution in [0.4, 0.5) is 10.5 Å². The second kappa shape index (κ2) is 4.86. The third-order valence-electron chi connectivity index (χ3n) is 2.91. The van der Waals surface area contributed by atoms with Crippen LogP contribution in [0.3, 0.4) is 0 Å². The third kappa shape index (κ3) is 2.26. The van der Waals surface area contributed by atoms with Crippen molar-refractivity contribution >= 4 is 11.8 Å². The summed E-state index contributed by atoms with van der Waals surface area (Å²) in [7, 11) is 1.50. The first-order valence-corrected chi connectivity index (χ1v) is 5.87. The Morgan fingerprint density at radius 3 is 2.83 bits per heavy atom. The fourth-order valence-corrected chi connectivity index (χ4v) is 1.84. The molecule has 5 heteroatoms. The molecule has 0 aromatic heterocycles. The maximum atomic E-state index is 11.0. The molecule has 1 atom stereocenters. The van der Waals surface area contributed by atoms with Crippen LogP contribution < -0.4 is 9.64 Å². The molecule has 98 valence electrons. The molecule has 0 bridgehead atoms. The number of anilines is 1. The normalized spacial score (nSPS) is 18.1. The first-order chi connectivity index (χ1) is 8.50. The number of para-hydroxylation sites is 1. The van der Waals surface area contributed by atoms with Gasteiger partial charge in [0.05, 0.1) is 12.3 Å². The van der Waals surface area contributed by atoms with Crippen LogP contribution in [0.1, 0.15) is 19.4 Å². The average molecular weight is 251 g/mol. The van der Waals surface area contributed by atoms with Gasteiger partial charge in [-0.25, -0.2) is 4.79 Å². The molecule has 0 saturated heterocycles. The second-order valence-electron chi connectivity index (χ2n) is 4.65. The number of ether oxygens (including phenoxy) is 2. The van der Waals surface area contributed by atoms with Crippen LogP contribution in [-0.4, -0.2) is 24.5 Å². The summed E-state index contributed by atoms with van der Waals surface area (Å²) in [5.74, 6) is 0.814. The van der Waals surface area contributed by atoms with Crippen molar-refractivity contribution < 1.29 is 19.4 Å². The summed E-state index contributed by atoms with van der Waals surface area (Å²) in [6.45, 7) is 4.44. The van der Waals surface area contributed by atoms with Crippen molar-refractivity contribution in [2.75, 3.05) is 11.9 Å². The quantitative estimate of drug-likeness (QED) is 0.878. The van der Waals surface area contributed by atoms with Gasteiger partial charge in [0.15, 0.2) is 5.75 Å². The lowest BCUT2D eigenvalue weighted by Gasteiger charge is -2.31. The SMILES string of the molecule is CC(C)C1OCc2cccc(N(C)C(=O)O)c2O1. The minimum absolute atomic E-state index is 0.210. The topological polar surface area (TPSA) is 59.0 Å². The van der Waals surface area contributed by atoms with Gasteiger partial charge in [-0.15, -0.1) is 0 Å². The van der Waals surface area contributed by atoms with Crippen molar-refractivity contribution in [3.8, 4) is 5.75 Å². The summed E-state index contributed by atoms with van der Waals surface area (Å²) in [4.78, 5) is 12.2. The number of rotatable bonds is 2. The van der Waals surface area contributed by atoms with Crippen LogP contribution in [0.2, 0.25) is 0 Å². The molecule has 1 amide bonds. The molecule has 1 unspecified atom stereocenters. The summed E-state index contributed by atoms with van der Waals surface area (Å²) in [5.41, 5.74) is 1.42. The second-order valence-corrected chi connectivity index (χ2v) is 4.65. The van der Waals surface area contributed by atoms with Crippen molar-refractivity contribution in [1.29, 1.82) is 0 Å². The van der Waals surface area contributed by atoms with E-state index in [2.05, 4.69) is 0 Å². The van der Waals surface area contributed by atoms with Crippen molar-refractivity contribution in [1.82, 2.24) is 0 Å². The molecular formula is C13H17NO4. The van der Waals surface area contributed by atoms with Gasteiger partial charge in [0.1, 0.15) is 0 Å². The van der Waals surface area contributed by atoms with E-state index in [0.717, 1.165) is 10.5 Å². The van der Waals surface area contributed by atoms with Gasteiger partial charge in [-0.1, -0.05) is 26.0 Å². The average Bonchev–Trinajstić information content (AvgIpc) is 2.36. The van der Waals surface area contributed by atoms with Gasteiger partial charge in [-0.05, 0) is 6.07 Å². The van der Waals surface area contributed by atoms with Crippen LogP contribution in [0.25, 0.3) is 0 Å². The Morgan fingerprint density at radius 1 is 1.50 bits per heavy atom. The predicted octanol–water partition coefficient (Wildman–Crippen LogP) is 2.69. The number of benzene rings is 1. The summed E-state index contributed by atoms with van der Waals surface area (Å²) in [5, 5.41) is 9.05. The summed E-state index contributed by atoms with van der Waals surface area (Å²) >= 11 is 0. The molecule has 0 saturated carbocycles. The lowest BCUT2D eigenvalue weighted by atomic mass is 10.1. The molecule has 0 aliphatic carbocycles. The van der Waals surface area contributed by atoms with E-state index < -0.39 is 6.09 Å². The number of nitrogens with zero attached hydrogens (tertiary/aromatic N) is 1. The van der Waals surface area contributed by atoms with Gasteiger partial charge in [-0.3, -0.25) is 4.90 Å². The number of carboxylic acid groups (broad SMARTS) is 1. The summed E-state index contributed by atoms with van der Waals surface area (Å²) in [6, 6.07) is 5.41. The summed E-state index contributed by atoms with van der Waals surface area (Å²) < 4.78 is 11.3. The molecule has 1 aliphatic heterocycles. The monoisotopic (exact) mass is 251 g/mol. The molecule has 2 rings (SSSR count). The highest BCUT2D eigenvalue weighted by atomic mass is 16.7. The largest absolute Gasteiger partial charge is 0.465 e. The van der Waals surface area contributed by atoms with E-state index in [1.807, 2.05) is 19.9 Å². The van der Waals surface area contributed by atoms with Crippen LogP contribution in [0.5, 0.6) is 5.75 Å². The van der Waals surface area contributed by atoms with Gasteiger partial charge in [-0.2, -0.15) is 0 Å². The Bertz CT molecular complexity index is 458. The first kappa shape index (κ1) is 12.7. The smallest absolute Gasteiger partial charge is 0.411 e. The van der Waals surface area contributed by atoms with E-state index in [1.54, 1.807) is 12.1 Å². The Kier molecular flexibility index (Phi) is 3.43. The number of fused-ring (bicyclic) bond motifs is 1. The highest BCUT2D eigenvalue weighted by Gasteiger charge is 2.27. The standard InChI is InChI=1S/C13H17NO4/c1-8(2)12-17-7-9-5-4-6-10(11(9)18-12)14(3)13(15)16/h4-6,8,12H,7H2,1-3H3,(H,15,16). The van der Waals surface area contributed by atoms with E-state index in [4.69, 9.17) is 14.6 Å². The molecule has 1 aromatic carbocycles. The molecule has 0 radical (unpaired) electrons. The molecule has 1 aliphatic rings. The van der Waals surface area contributed by atoms with Gasteiger partial charge in [0.2, 0.25) is 6.29 Å². The van der Waals surface area contributed by atoms with Gasteiger partial charge in [0, 0.05) is 18.5 Å². The van der Waals surface area contributed by atoms with Crippen LogP contribution in [0.15, 0.2) is 18.2 Å².